The van der Waals surface area contributed by atoms with Crippen molar-refractivity contribution in [1.82, 2.24) is 20.2 Å². The number of aromatic amines is 2. The Kier molecular flexibility index (Phi) is 4.59. The number of H-pyrrole nitrogens is 2. The third-order valence-electron chi connectivity index (χ3n) is 4.37. The number of para-hydroxylation sites is 1. The lowest BCUT2D eigenvalue weighted by molar-refractivity contribution is 0.415. The molecule has 0 radical (unpaired) electrons. The second kappa shape index (κ2) is 7.36. The van der Waals surface area contributed by atoms with Gasteiger partial charge in [0, 0.05) is 27.7 Å². The molecule has 0 amide bonds. The van der Waals surface area contributed by atoms with Gasteiger partial charge >= 0.3 is 0 Å². The number of nitrogens with zero attached hydrogens (tertiary/aromatic N) is 3. The van der Waals surface area contributed by atoms with Gasteiger partial charge in [-0.2, -0.15) is 5.10 Å². The van der Waals surface area contributed by atoms with Crippen LogP contribution in [0.3, 0.4) is 0 Å². The van der Waals surface area contributed by atoms with Crippen molar-refractivity contribution in [3.05, 3.63) is 70.1 Å². The Hall–Kier alpha value is -3.94. The third kappa shape index (κ3) is 3.35. The highest BCUT2D eigenvalue weighted by Crippen LogP contribution is 2.20. The smallest absolute Gasteiger partial charge is 0.279 e. The number of ether oxygens (including phenoxy) is 1. The molecular formula is C20H18N6O2. The van der Waals surface area contributed by atoms with E-state index in [4.69, 9.17) is 4.74 Å². The first-order valence-corrected chi connectivity index (χ1v) is 8.63. The number of hydrogen-bond acceptors (Lipinski definition) is 6. The molecular weight excluding hydrogens is 356 g/mol. The van der Waals surface area contributed by atoms with Gasteiger partial charge in [-0.05, 0) is 37.3 Å². The normalized spacial score (nSPS) is 11.2. The molecule has 0 saturated heterocycles. The molecule has 2 aromatic heterocycles. The van der Waals surface area contributed by atoms with Gasteiger partial charge in [0.2, 0.25) is 5.95 Å². The molecule has 0 bridgehead atoms. The fourth-order valence-electron chi connectivity index (χ4n) is 2.95. The van der Waals surface area contributed by atoms with Gasteiger partial charge in [-0.3, -0.25) is 9.78 Å². The average molecular weight is 374 g/mol. The maximum Gasteiger partial charge on any atom is 0.279 e. The van der Waals surface area contributed by atoms with E-state index in [0.717, 1.165) is 22.2 Å². The summed E-state index contributed by atoms with van der Waals surface area (Å²) in [4.78, 5) is 18.3. The molecule has 4 rings (SSSR count). The van der Waals surface area contributed by atoms with E-state index >= 15 is 0 Å². The molecule has 0 fully saturated rings. The predicted octanol–water partition coefficient (Wildman–Crippen LogP) is 3.08. The number of hydrogen-bond donors (Lipinski definition) is 3. The highest BCUT2D eigenvalue weighted by Gasteiger charge is 2.08. The van der Waals surface area contributed by atoms with E-state index in [0.29, 0.717) is 11.3 Å². The molecule has 2 aromatic carbocycles. The fraction of sp³-hybridized carbons (Fsp3) is 0.100. The summed E-state index contributed by atoms with van der Waals surface area (Å²) in [7, 11) is 1.58. The van der Waals surface area contributed by atoms with E-state index in [9.17, 15) is 4.79 Å². The molecule has 4 aromatic rings. The zero-order valence-electron chi connectivity index (χ0n) is 15.4. The molecule has 0 spiro atoms. The summed E-state index contributed by atoms with van der Waals surface area (Å²) in [6, 6.07) is 15.0. The van der Waals surface area contributed by atoms with Crippen molar-refractivity contribution < 1.29 is 4.74 Å². The lowest BCUT2D eigenvalue weighted by Crippen LogP contribution is -2.15. The van der Waals surface area contributed by atoms with Gasteiger partial charge in [0.1, 0.15) is 5.75 Å². The number of nitrogens with one attached hydrogen (secondary N) is 3. The number of rotatable bonds is 5. The number of aryl methyl sites for hydroxylation is 1. The molecule has 140 valence electrons. The summed E-state index contributed by atoms with van der Waals surface area (Å²) < 4.78 is 5.11. The van der Waals surface area contributed by atoms with Crippen molar-refractivity contribution in [2.45, 2.75) is 6.92 Å². The average Bonchev–Trinajstić information content (AvgIpc) is 3.04. The Morgan fingerprint density at radius 1 is 1.07 bits per heavy atom. The second-order valence-corrected chi connectivity index (χ2v) is 6.16. The zero-order chi connectivity index (χ0) is 19.5. The highest BCUT2D eigenvalue weighted by molar-refractivity contribution is 6.00. The highest BCUT2D eigenvalue weighted by atomic mass is 16.5. The van der Waals surface area contributed by atoms with Crippen LogP contribution in [0.25, 0.3) is 22.2 Å². The van der Waals surface area contributed by atoms with Gasteiger partial charge in [0.15, 0.2) is 5.69 Å². The monoisotopic (exact) mass is 374 g/mol. The first-order valence-electron chi connectivity index (χ1n) is 8.63. The molecule has 0 aliphatic heterocycles. The van der Waals surface area contributed by atoms with E-state index in [-0.39, 0.29) is 17.2 Å². The Morgan fingerprint density at radius 3 is 2.61 bits per heavy atom. The number of benzene rings is 2. The number of hydrazone groups is 1. The molecule has 0 saturated carbocycles. The maximum absolute atomic E-state index is 12.3. The summed E-state index contributed by atoms with van der Waals surface area (Å²) >= 11 is 0. The van der Waals surface area contributed by atoms with Gasteiger partial charge < -0.3 is 9.72 Å². The largest absolute Gasteiger partial charge is 0.497 e. The van der Waals surface area contributed by atoms with Gasteiger partial charge in [-0.25, -0.2) is 5.43 Å². The Bertz CT molecular complexity index is 1210. The van der Waals surface area contributed by atoms with Crippen LogP contribution in [0.4, 0.5) is 5.95 Å². The predicted molar refractivity (Wildman–Crippen MR) is 109 cm³/mol. The number of aromatic nitrogens is 4. The molecule has 3 N–H and O–H groups in total. The SMILES string of the molecule is COc1ccc(-c2nnc(N/N=C/c3c(C)[nH]c4ccccc34)[nH]c2=O)cc1. The van der Waals surface area contributed by atoms with Crippen molar-refractivity contribution in [3.63, 3.8) is 0 Å². The summed E-state index contributed by atoms with van der Waals surface area (Å²) in [6.45, 7) is 1.98. The van der Waals surface area contributed by atoms with Crippen molar-refractivity contribution in [3.8, 4) is 17.0 Å². The van der Waals surface area contributed by atoms with Crippen LogP contribution in [0.2, 0.25) is 0 Å². The lowest BCUT2D eigenvalue weighted by Gasteiger charge is -2.03. The molecule has 0 atom stereocenters. The minimum Gasteiger partial charge on any atom is -0.497 e. The lowest BCUT2D eigenvalue weighted by atomic mass is 10.1. The number of anilines is 1. The van der Waals surface area contributed by atoms with Crippen molar-refractivity contribution >= 4 is 23.1 Å². The van der Waals surface area contributed by atoms with Gasteiger partial charge in [-0.1, -0.05) is 18.2 Å². The van der Waals surface area contributed by atoms with Crippen molar-refractivity contribution in [2.24, 2.45) is 5.10 Å². The molecule has 0 aliphatic rings. The van der Waals surface area contributed by atoms with Gasteiger partial charge in [0.05, 0.1) is 13.3 Å². The third-order valence-corrected chi connectivity index (χ3v) is 4.37. The fourth-order valence-corrected chi connectivity index (χ4v) is 2.95. The summed E-state index contributed by atoms with van der Waals surface area (Å²) in [5.74, 6) is 0.865. The topological polar surface area (TPSA) is 108 Å². The Balaban J connectivity index is 1.54. The van der Waals surface area contributed by atoms with E-state index < -0.39 is 0 Å². The Labute approximate surface area is 160 Å². The summed E-state index contributed by atoms with van der Waals surface area (Å²) in [5, 5.41) is 13.2. The number of methoxy groups -OCH3 is 1. The minimum absolute atomic E-state index is 0.163. The van der Waals surface area contributed by atoms with Crippen LogP contribution < -0.4 is 15.7 Å². The van der Waals surface area contributed by atoms with Crippen LogP contribution in [0.5, 0.6) is 5.75 Å². The summed E-state index contributed by atoms with van der Waals surface area (Å²) in [6.07, 6.45) is 1.69. The van der Waals surface area contributed by atoms with Crippen LogP contribution in [-0.2, 0) is 0 Å². The molecule has 8 heteroatoms. The van der Waals surface area contributed by atoms with E-state index in [1.165, 1.54) is 0 Å². The standard InChI is InChI=1S/C20H18N6O2/c1-12-16(15-5-3-4-6-17(15)22-12)11-21-25-20-23-19(27)18(24-26-20)13-7-9-14(28-2)10-8-13/h3-11,22H,1-2H3,(H2,23,25,26,27)/b21-11+. The molecule has 28 heavy (non-hydrogen) atoms. The van der Waals surface area contributed by atoms with Crippen LogP contribution in [0.15, 0.2) is 58.4 Å². The van der Waals surface area contributed by atoms with Crippen LogP contribution >= 0.6 is 0 Å². The quantitative estimate of drug-likeness (QED) is 0.367. The maximum atomic E-state index is 12.3. The molecule has 2 heterocycles. The van der Waals surface area contributed by atoms with Gasteiger partial charge in [0.25, 0.3) is 5.56 Å². The van der Waals surface area contributed by atoms with Crippen LogP contribution in [-0.4, -0.2) is 33.5 Å². The summed E-state index contributed by atoms with van der Waals surface area (Å²) in [5.41, 5.74) is 6.24. The van der Waals surface area contributed by atoms with Crippen molar-refractivity contribution in [1.29, 1.82) is 0 Å². The van der Waals surface area contributed by atoms with E-state index in [1.807, 2.05) is 31.2 Å². The van der Waals surface area contributed by atoms with Crippen LogP contribution in [0.1, 0.15) is 11.3 Å². The molecule has 0 unspecified atom stereocenters. The van der Waals surface area contributed by atoms with E-state index in [2.05, 4.69) is 30.7 Å². The molecule has 8 nitrogen and oxygen atoms in total. The first kappa shape index (κ1) is 17.5. The van der Waals surface area contributed by atoms with E-state index in [1.54, 1.807) is 37.6 Å². The second-order valence-electron chi connectivity index (χ2n) is 6.16. The van der Waals surface area contributed by atoms with Crippen LogP contribution in [0, 0.1) is 6.92 Å². The minimum atomic E-state index is -0.360. The Morgan fingerprint density at radius 2 is 1.86 bits per heavy atom. The first-order chi connectivity index (χ1) is 13.7. The van der Waals surface area contributed by atoms with Crippen molar-refractivity contribution in [2.75, 3.05) is 12.5 Å². The number of fused-ring (bicyclic) bond motifs is 1. The molecule has 0 aliphatic carbocycles. The van der Waals surface area contributed by atoms with Gasteiger partial charge in [-0.15, -0.1) is 10.2 Å². The zero-order valence-corrected chi connectivity index (χ0v) is 15.4.